The van der Waals surface area contributed by atoms with Crippen molar-refractivity contribution in [3.05, 3.63) is 41.5 Å². The van der Waals surface area contributed by atoms with Gasteiger partial charge < -0.3 is 9.64 Å². The fourth-order valence-corrected chi connectivity index (χ4v) is 4.11. The van der Waals surface area contributed by atoms with Crippen LogP contribution in [0.4, 0.5) is 0 Å². The Morgan fingerprint density at radius 1 is 1.39 bits per heavy atom. The second-order valence-corrected chi connectivity index (χ2v) is 6.63. The molecule has 2 aliphatic rings. The third kappa shape index (κ3) is 3.04. The summed E-state index contributed by atoms with van der Waals surface area (Å²) in [5, 5.41) is 10.5. The summed E-state index contributed by atoms with van der Waals surface area (Å²) < 4.78 is 4.68. The lowest BCUT2D eigenvalue weighted by Gasteiger charge is -2.51. The SMILES string of the molecule is N#CC1(c2cncc(Cl)c2)CC2CCCC(C1)N2C=COC=O. The average Bonchev–Trinajstić information content (AvgIpc) is 2.55. The first-order chi connectivity index (χ1) is 11.2. The van der Waals surface area contributed by atoms with Crippen LogP contribution < -0.4 is 0 Å². The minimum atomic E-state index is -0.552. The second kappa shape index (κ2) is 6.59. The molecule has 1 aromatic rings. The summed E-state index contributed by atoms with van der Waals surface area (Å²) in [6, 6.07) is 4.91. The molecule has 2 fully saturated rings. The summed E-state index contributed by atoms with van der Waals surface area (Å²) >= 11 is 6.07. The van der Waals surface area contributed by atoms with Crippen LogP contribution in [0, 0.1) is 11.3 Å². The molecule has 23 heavy (non-hydrogen) atoms. The van der Waals surface area contributed by atoms with Crippen LogP contribution >= 0.6 is 11.6 Å². The van der Waals surface area contributed by atoms with Crippen LogP contribution in [0.5, 0.6) is 0 Å². The molecule has 0 saturated carbocycles. The fraction of sp³-hybridized carbons (Fsp3) is 0.471. The van der Waals surface area contributed by atoms with Crippen molar-refractivity contribution in [2.45, 2.75) is 49.6 Å². The van der Waals surface area contributed by atoms with Gasteiger partial charge in [-0.1, -0.05) is 11.6 Å². The summed E-state index contributed by atoms with van der Waals surface area (Å²) in [5.41, 5.74) is 0.348. The number of carbonyl (C=O) groups excluding carboxylic acids is 1. The van der Waals surface area contributed by atoms with Gasteiger partial charge in [0.05, 0.1) is 16.5 Å². The van der Waals surface area contributed by atoms with Gasteiger partial charge >= 0.3 is 0 Å². The molecule has 0 amide bonds. The lowest BCUT2D eigenvalue weighted by molar-refractivity contribution is -0.123. The Labute approximate surface area is 140 Å². The Kier molecular flexibility index (Phi) is 4.53. The number of rotatable bonds is 4. The maximum absolute atomic E-state index is 10.3. The third-order valence-electron chi connectivity index (χ3n) is 4.92. The van der Waals surface area contributed by atoms with E-state index < -0.39 is 5.41 Å². The lowest BCUT2D eigenvalue weighted by atomic mass is 9.66. The molecule has 1 aromatic heterocycles. The van der Waals surface area contributed by atoms with Crippen molar-refractivity contribution in [2.24, 2.45) is 0 Å². The van der Waals surface area contributed by atoms with Crippen molar-refractivity contribution in [3.8, 4) is 6.07 Å². The van der Waals surface area contributed by atoms with Crippen LogP contribution in [-0.2, 0) is 14.9 Å². The Morgan fingerprint density at radius 3 is 2.74 bits per heavy atom. The Balaban J connectivity index is 1.90. The van der Waals surface area contributed by atoms with Gasteiger partial charge in [0.15, 0.2) is 0 Å². The van der Waals surface area contributed by atoms with Gasteiger partial charge in [-0.15, -0.1) is 0 Å². The van der Waals surface area contributed by atoms with Crippen molar-refractivity contribution in [3.63, 3.8) is 0 Å². The van der Waals surface area contributed by atoms with E-state index in [-0.39, 0.29) is 12.1 Å². The molecule has 120 valence electrons. The molecule has 2 aliphatic heterocycles. The number of ether oxygens (including phenoxy) is 1. The maximum Gasteiger partial charge on any atom is 0.297 e. The van der Waals surface area contributed by atoms with Gasteiger partial charge in [-0.2, -0.15) is 5.26 Å². The summed E-state index contributed by atoms with van der Waals surface area (Å²) in [7, 11) is 0. The molecule has 2 atom stereocenters. The van der Waals surface area contributed by atoms with Crippen molar-refractivity contribution in [1.29, 1.82) is 5.26 Å². The fourth-order valence-electron chi connectivity index (χ4n) is 3.93. The van der Waals surface area contributed by atoms with Gasteiger partial charge in [0.2, 0.25) is 0 Å². The molecule has 3 heterocycles. The van der Waals surface area contributed by atoms with Gasteiger partial charge in [0.1, 0.15) is 6.26 Å². The number of hydrogen-bond donors (Lipinski definition) is 0. The molecule has 6 heteroatoms. The molecule has 3 rings (SSSR count). The summed E-state index contributed by atoms with van der Waals surface area (Å²) in [5.74, 6) is 0. The van der Waals surface area contributed by atoms with E-state index in [1.165, 1.54) is 6.26 Å². The Morgan fingerprint density at radius 2 is 2.13 bits per heavy atom. The normalized spacial score (nSPS) is 30.0. The van der Waals surface area contributed by atoms with Crippen molar-refractivity contribution in [2.75, 3.05) is 0 Å². The number of hydrogen-bond acceptors (Lipinski definition) is 5. The number of fused-ring (bicyclic) bond motifs is 2. The van der Waals surface area contributed by atoms with Gasteiger partial charge in [-0.05, 0) is 43.7 Å². The topological polar surface area (TPSA) is 66.2 Å². The van der Waals surface area contributed by atoms with Crippen LogP contribution in [0.15, 0.2) is 30.9 Å². The predicted octanol–water partition coefficient (Wildman–Crippen LogP) is 3.16. The van der Waals surface area contributed by atoms with E-state index in [1.54, 1.807) is 12.4 Å². The van der Waals surface area contributed by atoms with E-state index in [4.69, 9.17) is 11.6 Å². The average molecular weight is 332 g/mol. The van der Waals surface area contributed by atoms with Gasteiger partial charge in [0, 0.05) is 30.7 Å². The van der Waals surface area contributed by atoms with Crippen LogP contribution in [-0.4, -0.2) is 28.4 Å². The summed E-state index contributed by atoms with van der Waals surface area (Å²) in [6.45, 7) is 0.410. The van der Waals surface area contributed by atoms with E-state index in [0.29, 0.717) is 11.5 Å². The van der Waals surface area contributed by atoms with Crippen molar-refractivity contribution < 1.29 is 9.53 Å². The van der Waals surface area contributed by atoms with Crippen molar-refractivity contribution >= 4 is 18.1 Å². The van der Waals surface area contributed by atoms with E-state index in [0.717, 1.165) is 37.7 Å². The van der Waals surface area contributed by atoms with Gasteiger partial charge in [-0.25, -0.2) is 0 Å². The van der Waals surface area contributed by atoms with Crippen LogP contribution in [0.2, 0.25) is 5.02 Å². The molecular formula is C17H18ClN3O2. The van der Waals surface area contributed by atoms with E-state index in [2.05, 4.69) is 20.7 Å². The van der Waals surface area contributed by atoms with Crippen LogP contribution in [0.25, 0.3) is 0 Å². The molecular weight excluding hydrogens is 314 g/mol. The zero-order valence-corrected chi connectivity index (χ0v) is 13.4. The first-order valence-corrected chi connectivity index (χ1v) is 8.12. The minimum Gasteiger partial charge on any atom is -0.435 e. The first-order valence-electron chi connectivity index (χ1n) is 7.74. The highest BCUT2D eigenvalue weighted by Crippen LogP contribution is 2.45. The number of nitriles is 1. The largest absolute Gasteiger partial charge is 0.435 e. The number of nitrogens with zero attached hydrogens (tertiary/aromatic N) is 3. The standard InChI is InChI=1S/C17H18ClN3O2/c18-14-6-13(9-20-10-14)17(11-19)7-15-2-1-3-16(8-17)21(15)4-5-23-12-22/h4-6,9-10,12,15-16H,1-3,7-8H2. The number of aromatic nitrogens is 1. The summed E-state index contributed by atoms with van der Waals surface area (Å²) in [4.78, 5) is 16.7. The Bertz CT molecular complexity index is 641. The second-order valence-electron chi connectivity index (χ2n) is 6.20. The highest BCUT2D eigenvalue weighted by atomic mass is 35.5. The first kappa shape index (κ1) is 15.8. The molecule has 0 aliphatic carbocycles. The monoisotopic (exact) mass is 331 g/mol. The quantitative estimate of drug-likeness (QED) is 0.626. The van der Waals surface area contributed by atoms with E-state index in [9.17, 15) is 10.1 Å². The summed E-state index contributed by atoms with van der Waals surface area (Å²) in [6.07, 6.45) is 11.3. The smallest absolute Gasteiger partial charge is 0.297 e. The molecule has 5 nitrogen and oxygen atoms in total. The molecule has 0 aromatic carbocycles. The maximum atomic E-state index is 10.3. The minimum absolute atomic E-state index is 0.257. The Hall–Kier alpha value is -2.06. The van der Waals surface area contributed by atoms with Crippen LogP contribution in [0.1, 0.15) is 37.7 Å². The lowest BCUT2D eigenvalue weighted by Crippen LogP contribution is -2.54. The van der Waals surface area contributed by atoms with Crippen molar-refractivity contribution in [1.82, 2.24) is 9.88 Å². The zero-order valence-electron chi connectivity index (χ0n) is 12.7. The molecule has 2 unspecified atom stereocenters. The van der Waals surface area contributed by atoms with E-state index in [1.807, 2.05) is 12.3 Å². The highest BCUT2D eigenvalue weighted by molar-refractivity contribution is 6.30. The molecule has 2 bridgehead atoms. The molecule has 0 radical (unpaired) electrons. The molecule has 0 N–H and O–H groups in total. The number of carbonyl (C=O) groups is 1. The zero-order chi connectivity index (χ0) is 16.3. The number of piperidine rings is 2. The molecule has 0 spiro atoms. The van der Waals surface area contributed by atoms with E-state index >= 15 is 0 Å². The van der Waals surface area contributed by atoms with Crippen LogP contribution in [0.3, 0.4) is 0 Å². The number of halogens is 1. The predicted molar refractivity (Wildman–Crippen MR) is 85.3 cm³/mol. The highest BCUT2D eigenvalue weighted by Gasteiger charge is 2.47. The number of pyridine rings is 1. The van der Waals surface area contributed by atoms with Gasteiger partial charge in [-0.3, -0.25) is 9.78 Å². The van der Waals surface area contributed by atoms with Gasteiger partial charge in [0.25, 0.3) is 6.47 Å². The molecule has 2 saturated heterocycles. The third-order valence-corrected chi connectivity index (χ3v) is 5.13.